The molecule has 0 unspecified atom stereocenters. The Hall–Kier alpha value is -2.37. The number of halogens is 1. The highest BCUT2D eigenvalue weighted by Crippen LogP contribution is 2.31. The molecule has 0 N–H and O–H groups in total. The molecule has 0 aliphatic rings. The number of allylic oxidation sites excluding steroid dienone is 1. The van der Waals surface area contributed by atoms with Crippen molar-refractivity contribution in [3.63, 3.8) is 0 Å². The van der Waals surface area contributed by atoms with Crippen molar-refractivity contribution in [3.8, 4) is 11.5 Å². The van der Waals surface area contributed by atoms with Crippen LogP contribution in [0.25, 0.3) is 6.08 Å². The first-order valence-electron chi connectivity index (χ1n) is 9.46. The van der Waals surface area contributed by atoms with Gasteiger partial charge in [-0.1, -0.05) is 55.8 Å². The number of thiophene rings is 1. The number of hydrogen-bond donors (Lipinski definition) is 0. The maximum atomic E-state index is 12.5. The molecule has 0 fully saturated rings. The maximum absolute atomic E-state index is 12.5. The topological polar surface area (TPSA) is 35.5 Å². The summed E-state index contributed by atoms with van der Waals surface area (Å²) in [6.07, 6.45) is 5.44. The highest BCUT2D eigenvalue weighted by Gasteiger charge is 2.11. The summed E-state index contributed by atoms with van der Waals surface area (Å²) in [7, 11) is 1.61. The van der Waals surface area contributed by atoms with E-state index in [1.54, 1.807) is 30.6 Å². The predicted molar refractivity (Wildman–Crippen MR) is 123 cm³/mol. The molecule has 150 valence electrons. The second-order valence-electron chi connectivity index (χ2n) is 6.51. The van der Waals surface area contributed by atoms with Gasteiger partial charge in [-0.25, -0.2) is 0 Å². The van der Waals surface area contributed by atoms with E-state index in [0.29, 0.717) is 18.1 Å². The van der Waals surface area contributed by atoms with Gasteiger partial charge in [-0.15, -0.1) is 11.3 Å². The van der Waals surface area contributed by atoms with Crippen LogP contribution in [0.2, 0.25) is 0 Å². The van der Waals surface area contributed by atoms with Gasteiger partial charge in [0.15, 0.2) is 17.3 Å². The Bertz CT molecular complexity index is 993. The Morgan fingerprint density at radius 1 is 1.10 bits per heavy atom. The molecular formula is C24H23BrO3S. The molecule has 0 aliphatic heterocycles. The van der Waals surface area contributed by atoms with Crippen LogP contribution >= 0.6 is 27.3 Å². The lowest BCUT2D eigenvalue weighted by Crippen LogP contribution is -1.97. The highest BCUT2D eigenvalue weighted by molar-refractivity contribution is 9.10. The van der Waals surface area contributed by atoms with Gasteiger partial charge in [0, 0.05) is 9.35 Å². The molecule has 1 heterocycles. The summed E-state index contributed by atoms with van der Waals surface area (Å²) in [5, 5.41) is 0. The summed E-state index contributed by atoms with van der Waals surface area (Å²) in [4.78, 5) is 14.5. The molecule has 0 atom stereocenters. The third-order valence-electron chi connectivity index (χ3n) is 4.33. The van der Waals surface area contributed by atoms with Gasteiger partial charge < -0.3 is 9.47 Å². The molecule has 0 aliphatic carbocycles. The largest absolute Gasteiger partial charge is 0.493 e. The van der Waals surface area contributed by atoms with Gasteiger partial charge in [-0.2, -0.15) is 0 Å². The average molecular weight is 471 g/mol. The van der Waals surface area contributed by atoms with E-state index in [4.69, 9.17) is 9.47 Å². The normalized spacial score (nSPS) is 11.0. The van der Waals surface area contributed by atoms with Gasteiger partial charge >= 0.3 is 0 Å². The standard InChI is InChI=1S/C24H23BrO3S/c1-3-7-23-19(25)15-24(29-23)20(26)12-10-17-11-13-21(22(14-17)27-2)28-16-18-8-5-4-6-9-18/h4-6,8-15H,3,7,16H2,1-2H3/b12-10+. The summed E-state index contributed by atoms with van der Waals surface area (Å²) >= 11 is 5.09. The summed E-state index contributed by atoms with van der Waals surface area (Å²) < 4.78 is 12.4. The minimum Gasteiger partial charge on any atom is -0.493 e. The summed E-state index contributed by atoms with van der Waals surface area (Å²) in [6.45, 7) is 2.60. The minimum absolute atomic E-state index is 0.00132. The first-order chi connectivity index (χ1) is 14.1. The molecular weight excluding hydrogens is 448 g/mol. The number of aryl methyl sites for hydroxylation is 1. The van der Waals surface area contributed by atoms with Crippen LogP contribution in [0.15, 0.2) is 65.1 Å². The van der Waals surface area contributed by atoms with Crippen molar-refractivity contribution in [3.05, 3.63) is 86.0 Å². The van der Waals surface area contributed by atoms with E-state index in [2.05, 4.69) is 22.9 Å². The number of ether oxygens (including phenoxy) is 2. The maximum Gasteiger partial charge on any atom is 0.195 e. The fourth-order valence-electron chi connectivity index (χ4n) is 2.82. The first kappa shape index (κ1) is 21.3. The monoisotopic (exact) mass is 470 g/mol. The van der Waals surface area contributed by atoms with E-state index < -0.39 is 0 Å². The van der Waals surface area contributed by atoms with Crippen LogP contribution in [0.1, 0.15) is 39.0 Å². The van der Waals surface area contributed by atoms with Gasteiger partial charge in [0.25, 0.3) is 0 Å². The molecule has 0 saturated carbocycles. The van der Waals surface area contributed by atoms with E-state index >= 15 is 0 Å². The number of ketones is 1. The van der Waals surface area contributed by atoms with E-state index in [1.807, 2.05) is 54.6 Å². The molecule has 3 aromatic rings. The fraction of sp³-hybridized carbons (Fsp3) is 0.208. The van der Waals surface area contributed by atoms with Crippen LogP contribution in [0, 0.1) is 0 Å². The van der Waals surface area contributed by atoms with Crippen LogP contribution in [-0.4, -0.2) is 12.9 Å². The molecule has 3 nitrogen and oxygen atoms in total. The van der Waals surface area contributed by atoms with Crippen molar-refractivity contribution in [2.45, 2.75) is 26.4 Å². The van der Waals surface area contributed by atoms with Gasteiger partial charge in [-0.05, 0) is 57.8 Å². The molecule has 2 aromatic carbocycles. The molecule has 0 saturated heterocycles. The smallest absolute Gasteiger partial charge is 0.195 e. The van der Waals surface area contributed by atoms with Crippen LogP contribution in [-0.2, 0) is 13.0 Å². The summed E-state index contributed by atoms with van der Waals surface area (Å²) in [5.74, 6) is 1.31. The van der Waals surface area contributed by atoms with Gasteiger partial charge in [0.05, 0.1) is 12.0 Å². The zero-order valence-electron chi connectivity index (χ0n) is 16.5. The van der Waals surface area contributed by atoms with Crippen molar-refractivity contribution in [1.82, 2.24) is 0 Å². The number of hydrogen-bond acceptors (Lipinski definition) is 4. The molecule has 29 heavy (non-hydrogen) atoms. The Morgan fingerprint density at radius 3 is 2.62 bits per heavy atom. The third kappa shape index (κ3) is 5.81. The minimum atomic E-state index is 0.00132. The lowest BCUT2D eigenvalue weighted by atomic mass is 10.1. The Kier molecular flexibility index (Phi) is 7.67. The summed E-state index contributed by atoms with van der Waals surface area (Å²) in [6, 6.07) is 17.5. The Balaban J connectivity index is 1.69. The zero-order valence-corrected chi connectivity index (χ0v) is 18.9. The number of rotatable bonds is 9. The second-order valence-corrected chi connectivity index (χ2v) is 8.51. The Labute approximate surface area is 184 Å². The van der Waals surface area contributed by atoms with E-state index in [0.717, 1.165) is 33.3 Å². The quantitative estimate of drug-likeness (QED) is 0.250. The van der Waals surface area contributed by atoms with Crippen LogP contribution in [0.3, 0.4) is 0 Å². The summed E-state index contributed by atoms with van der Waals surface area (Å²) in [5.41, 5.74) is 1.97. The average Bonchev–Trinajstić information content (AvgIpc) is 3.12. The van der Waals surface area contributed by atoms with E-state index in [9.17, 15) is 4.79 Å². The van der Waals surface area contributed by atoms with Crippen LogP contribution < -0.4 is 9.47 Å². The first-order valence-corrected chi connectivity index (χ1v) is 11.1. The lowest BCUT2D eigenvalue weighted by Gasteiger charge is -2.11. The zero-order chi connectivity index (χ0) is 20.6. The van der Waals surface area contributed by atoms with Crippen molar-refractivity contribution in [2.75, 3.05) is 7.11 Å². The van der Waals surface area contributed by atoms with Crippen molar-refractivity contribution >= 4 is 39.1 Å². The fourth-order valence-corrected chi connectivity index (χ4v) is 4.72. The van der Waals surface area contributed by atoms with Crippen molar-refractivity contribution in [2.24, 2.45) is 0 Å². The third-order valence-corrected chi connectivity index (χ3v) is 6.51. The lowest BCUT2D eigenvalue weighted by molar-refractivity contribution is 0.105. The SMILES string of the molecule is CCCc1sc(C(=O)/C=C/c2ccc(OCc3ccccc3)c(OC)c2)cc1Br. The molecule has 3 rings (SSSR count). The van der Waals surface area contributed by atoms with Gasteiger partial charge in [-0.3, -0.25) is 4.79 Å². The van der Waals surface area contributed by atoms with Crippen molar-refractivity contribution < 1.29 is 14.3 Å². The number of methoxy groups -OCH3 is 1. The van der Waals surface area contributed by atoms with Crippen LogP contribution in [0.5, 0.6) is 11.5 Å². The second kappa shape index (κ2) is 10.4. The van der Waals surface area contributed by atoms with Crippen molar-refractivity contribution in [1.29, 1.82) is 0 Å². The van der Waals surface area contributed by atoms with Crippen LogP contribution in [0.4, 0.5) is 0 Å². The molecule has 0 amide bonds. The molecule has 0 radical (unpaired) electrons. The number of carbonyl (C=O) groups excluding carboxylic acids is 1. The molecule has 5 heteroatoms. The highest BCUT2D eigenvalue weighted by atomic mass is 79.9. The van der Waals surface area contributed by atoms with E-state index in [1.165, 1.54) is 4.88 Å². The Morgan fingerprint density at radius 2 is 1.90 bits per heavy atom. The molecule has 0 spiro atoms. The predicted octanol–water partition coefficient (Wildman–Crippen LogP) is 6.95. The number of carbonyl (C=O) groups is 1. The number of benzene rings is 2. The molecule has 0 bridgehead atoms. The van der Waals surface area contributed by atoms with Gasteiger partial charge in [0.1, 0.15) is 6.61 Å². The van der Waals surface area contributed by atoms with E-state index in [-0.39, 0.29) is 5.78 Å². The molecule has 1 aromatic heterocycles. The van der Waals surface area contributed by atoms with Gasteiger partial charge in [0.2, 0.25) is 0 Å².